The van der Waals surface area contributed by atoms with Crippen LogP contribution in [-0.4, -0.2) is 47.2 Å². The molecule has 1 N–H and O–H groups in total. The molecule has 3 heterocycles. The SMILES string of the molecule is c1ccc2c(c1)nc([C@@H]1CCNC1)n2C1CCN(CC2CCCC2)CC1. The second-order valence-corrected chi connectivity index (χ2v) is 8.70. The highest BCUT2D eigenvalue weighted by Gasteiger charge is 2.30. The molecule has 4 heteroatoms. The first kappa shape index (κ1) is 16.8. The summed E-state index contributed by atoms with van der Waals surface area (Å²) < 4.78 is 2.62. The van der Waals surface area contributed by atoms with Gasteiger partial charge in [-0.05, 0) is 56.7 Å². The first-order valence-electron chi connectivity index (χ1n) is 10.8. The van der Waals surface area contributed by atoms with Crippen molar-refractivity contribution in [3.63, 3.8) is 0 Å². The summed E-state index contributed by atoms with van der Waals surface area (Å²) in [6.07, 6.45) is 9.63. The molecule has 1 aliphatic carbocycles. The molecule has 1 atom stereocenters. The molecule has 1 saturated carbocycles. The molecule has 5 rings (SSSR count). The summed E-state index contributed by atoms with van der Waals surface area (Å²) in [5, 5.41) is 3.53. The van der Waals surface area contributed by atoms with Gasteiger partial charge in [-0.15, -0.1) is 0 Å². The Morgan fingerprint density at radius 3 is 2.58 bits per heavy atom. The van der Waals surface area contributed by atoms with Crippen molar-refractivity contribution in [2.24, 2.45) is 5.92 Å². The molecule has 0 radical (unpaired) electrons. The maximum Gasteiger partial charge on any atom is 0.114 e. The molecular weight excluding hydrogens is 320 g/mol. The van der Waals surface area contributed by atoms with Gasteiger partial charge in [0.2, 0.25) is 0 Å². The van der Waals surface area contributed by atoms with Crippen LogP contribution in [0.1, 0.15) is 62.7 Å². The van der Waals surface area contributed by atoms with Gasteiger partial charge >= 0.3 is 0 Å². The largest absolute Gasteiger partial charge is 0.324 e. The summed E-state index contributed by atoms with van der Waals surface area (Å²) in [6, 6.07) is 9.39. The number of imidazole rings is 1. The van der Waals surface area contributed by atoms with Crippen LogP contribution < -0.4 is 5.32 Å². The Kier molecular flexibility index (Phi) is 4.72. The first-order chi connectivity index (χ1) is 12.9. The van der Waals surface area contributed by atoms with E-state index in [4.69, 9.17) is 4.98 Å². The number of piperidine rings is 1. The van der Waals surface area contributed by atoms with E-state index in [1.54, 1.807) is 0 Å². The zero-order valence-electron chi connectivity index (χ0n) is 15.9. The highest BCUT2D eigenvalue weighted by molar-refractivity contribution is 5.76. The third-order valence-electron chi connectivity index (χ3n) is 6.96. The molecule has 3 aliphatic rings. The van der Waals surface area contributed by atoms with Crippen LogP contribution >= 0.6 is 0 Å². The van der Waals surface area contributed by atoms with Gasteiger partial charge in [0.25, 0.3) is 0 Å². The molecule has 0 spiro atoms. The van der Waals surface area contributed by atoms with Crippen molar-refractivity contribution in [3.05, 3.63) is 30.1 Å². The van der Waals surface area contributed by atoms with Gasteiger partial charge in [-0.1, -0.05) is 25.0 Å². The van der Waals surface area contributed by atoms with E-state index in [-0.39, 0.29) is 0 Å². The number of nitrogens with zero attached hydrogens (tertiary/aromatic N) is 3. The lowest BCUT2D eigenvalue weighted by Crippen LogP contribution is -2.37. The van der Waals surface area contributed by atoms with Crippen molar-refractivity contribution >= 4 is 11.0 Å². The molecule has 3 fully saturated rings. The number of hydrogen-bond donors (Lipinski definition) is 1. The summed E-state index contributed by atoms with van der Waals surface area (Å²) in [5.41, 5.74) is 2.53. The summed E-state index contributed by atoms with van der Waals surface area (Å²) in [4.78, 5) is 7.82. The zero-order valence-corrected chi connectivity index (χ0v) is 15.9. The van der Waals surface area contributed by atoms with E-state index in [2.05, 4.69) is 39.0 Å². The van der Waals surface area contributed by atoms with E-state index in [1.807, 2.05) is 0 Å². The van der Waals surface area contributed by atoms with E-state index in [0.717, 1.165) is 19.0 Å². The maximum absolute atomic E-state index is 5.08. The highest BCUT2D eigenvalue weighted by atomic mass is 15.2. The summed E-state index contributed by atoms with van der Waals surface area (Å²) in [5.74, 6) is 2.89. The molecule has 1 aromatic carbocycles. The summed E-state index contributed by atoms with van der Waals surface area (Å²) in [6.45, 7) is 6.08. The fourth-order valence-corrected chi connectivity index (χ4v) is 5.53. The predicted molar refractivity (Wildman–Crippen MR) is 107 cm³/mol. The van der Waals surface area contributed by atoms with E-state index in [9.17, 15) is 0 Å². The Morgan fingerprint density at radius 2 is 1.81 bits per heavy atom. The van der Waals surface area contributed by atoms with Crippen molar-refractivity contribution in [2.45, 2.75) is 56.9 Å². The molecule has 26 heavy (non-hydrogen) atoms. The highest BCUT2D eigenvalue weighted by Crippen LogP contribution is 2.34. The summed E-state index contributed by atoms with van der Waals surface area (Å²) in [7, 11) is 0. The van der Waals surface area contributed by atoms with Gasteiger partial charge in [0.1, 0.15) is 5.82 Å². The minimum Gasteiger partial charge on any atom is -0.324 e. The van der Waals surface area contributed by atoms with Crippen LogP contribution in [0.25, 0.3) is 11.0 Å². The Labute approximate surface area is 157 Å². The van der Waals surface area contributed by atoms with Crippen molar-refractivity contribution in [1.82, 2.24) is 19.8 Å². The number of hydrogen-bond acceptors (Lipinski definition) is 3. The minimum absolute atomic E-state index is 0.582. The number of nitrogens with one attached hydrogen (secondary N) is 1. The number of aromatic nitrogens is 2. The van der Waals surface area contributed by atoms with Gasteiger partial charge in [-0.25, -0.2) is 4.98 Å². The standard InChI is InChI=1S/C22H32N4/c1-2-6-17(5-1)16-25-13-10-19(11-14-25)26-21-8-4-3-7-20(21)24-22(26)18-9-12-23-15-18/h3-4,7-8,17-19,23H,1-2,5-6,9-16H2/t18-/m1/s1. The molecular formula is C22H32N4. The molecule has 2 saturated heterocycles. The van der Waals surface area contributed by atoms with Gasteiger partial charge in [0, 0.05) is 38.1 Å². The van der Waals surface area contributed by atoms with E-state index in [0.29, 0.717) is 12.0 Å². The quantitative estimate of drug-likeness (QED) is 0.905. The Bertz CT molecular complexity index is 732. The van der Waals surface area contributed by atoms with Crippen molar-refractivity contribution in [3.8, 4) is 0 Å². The molecule has 0 bridgehead atoms. The maximum atomic E-state index is 5.08. The minimum atomic E-state index is 0.582. The number of likely N-dealkylation sites (tertiary alicyclic amines) is 1. The lowest BCUT2D eigenvalue weighted by Gasteiger charge is -2.35. The second kappa shape index (κ2) is 7.32. The molecule has 1 aromatic heterocycles. The van der Waals surface area contributed by atoms with Crippen LogP contribution in [0, 0.1) is 5.92 Å². The Hall–Kier alpha value is -1.39. The average molecular weight is 353 g/mol. The van der Waals surface area contributed by atoms with Gasteiger partial charge < -0.3 is 14.8 Å². The van der Waals surface area contributed by atoms with Gasteiger partial charge in [0.05, 0.1) is 11.0 Å². The monoisotopic (exact) mass is 352 g/mol. The van der Waals surface area contributed by atoms with E-state index < -0.39 is 0 Å². The molecule has 2 aromatic rings. The van der Waals surface area contributed by atoms with Crippen LogP contribution in [0.5, 0.6) is 0 Å². The number of fused-ring (bicyclic) bond motifs is 1. The van der Waals surface area contributed by atoms with Gasteiger partial charge in [0.15, 0.2) is 0 Å². The third kappa shape index (κ3) is 3.18. The van der Waals surface area contributed by atoms with Crippen LogP contribution in [0.15, 0.2) is 24.3 Å². The lowest BCUT2D eigenvalue weighted by molar-refractivity contribution is 0.163. The Balaban J connectivity index is 1.36. The first-order valence-corrected chi connectivity index (χ1v) is 10.8. The van der Waals surface area contributed by atoms with E-state index >= 15 is 0 Å². The molecule has 140 valence electrons. The number of para-hydroxylation sites is 2. The second-order valence-electron chi connectivity index (χ2n) is 8.70. The topological polar surface area (TPSA) is 33.1 Å². The van der Waals surface area contributed by atoms with Gasteiger partial charge in [-0.3, -0.25) is 0 Å². The third-order valence-corrected chi connectivity index (χ3v) is 6.96. The van der Waals surface area contributed by atoms with Gasteiger partial charge in [-0.2, -0.15) is 0 Å². The van der Waals surface area contributed by atoms with Crippen LogP contribution in [0.2, 0.25) is 0 Å². The lowest BCUT2D eigenvalue weighted by atomic mass is 10.00. The smallest absolute Gasteiger partial charge is 0.114 e. The Morgan fingerprint density at radius 1 is 1.00 bits per heavy atom. The fraction of sp³-hybridized carbons (Fsp3) is 0.682. The van der Waals surface area contributed by atoms with Crippen molar-refractivity contribution in [2.75, 3.05) is 32.7 Å². The number of benzene rings is 1. The van der Waals surface area contributed by atoms with Crippen LogP contribution in [0.3, 0.4) is 0 Å². The van der Waals surface area contributed by atoms with E-state index in [1.165, 1.54) is 81.4 Å². The van der Waals surface area contributed by atoms with Crippen LogP contribution in [0.4, 0.5) is 0 Å². The van der Waals surface area contributed by atoms with Crippen LogP contribution in [-0.2, 0) is 0 Å². The normalized spacial score (nSPS) is 26.2. The fourth-order valence-electron chi connectivity index (χ4n) is 5.53. The molecule has 4 nitrogen and oxygen atoms in total. The predicted octanol–water partition coefficient (Wildman–Crippen LogP) is 3.94. The summed E-state index contributed by atoms with van der Waals surface area (Å²) >= 11 is 0. The van der Waals surface area contributed by atoms with Crippen molar-refractivity contribution in [1.29, 1.82) is 0 Å². The molecule has 0 unspecified atom stereocenters. The van der Waals surface area contributed by atoms with Crippen molar-refractivity contribution < 1.29 is 0 Å². The average Bonchev–Trinajstić information content (AvgIpc) is 3.43. The molecule has 0 amide bonds. The number of rotatable bonds is 4. The molecule has 2 aliphatic heterocycles. The zero-order chi connectivity index (χ0) is 17.3.